The molecule has 1 fully saturated rings. The first-order valence-corrected chi connectivity index (χ1v) is 14.5. The van der Waals surface area contributed by atoms with Crippen LogP contribution in [0.3, 0.4) is 0 Å². The third-order valence-corrected chi connectivity index (χ3v) is 8.29. The van der Waals surface area contributed by atoms with E-state index in [1.165, 1.54) is 0 Å². The first-order chi connectivity index (χ1) is 17.5. The van der Waals surface area contributed by atoms with Crippen LogP contribution in [0.1, 0.15) is 18.1 Å². The molecule has 0 aliphatic carbocycles. The van der Waals surface area contributed by atoms with E-state index in [1.54, 1.807) is 35.8 Å². The minimum absolute atomic E-state index is 0.0746. The van der Waals surface area contributed by atoms with Gasteiger partial charge in [-0.2, -0.15) is 0 Å². The second-order valence-corrected chi connectivity index (χ2v) is 11.0. The summed E-state index contributed by atoms with van der Waals surface area (Å²) in [6, 6.07) is 14.6. The Balaban J connectivity index is 1.54. The predicted molar refractivity (Wildman–Crippen MR) is 146 cm³/mol. The van der Waals surface area contributed by atoms with E-state index >= 15 is 0 Å². The molecular weight excluding hydrogens is 498 g/mol. The van der Waals surface area contributed by atoms with Gasteiger partial charge in [-0.1, -0.05) is 58.8 Å². The molecule has 3 rings (SSSR count). The topological polar surface area (TPSA) is 80.3 Å². The molecule has 1 N–H and O–H groups in total. The first kappa shape index (κ1) is 28.0. The van der Waals surface area contributed by atoms with Gasteiger partial charge in [0.05, 0.1) is 14.2 Å². The van der Waals surface area contributed by atoms with Gasteiger partial charge in [-0.3, -0.25) is 9.69 Å². The average molecular weight is 534 g/mol. The minimum Gasteiger partial charge on any atom is -0.497 e. The minimum atomic E-state index is -0.637. The number of ether oxygens (including phenoxy) is 3. The number of carbonyl (C=O) groups is 2. The molecule has 10 heteroatoms. The van der Waals surface area contributed by atoms with Crippen LogP contribution in [0, 0.1) is 0 Å². The molecule has 2 aromatic rings. The zero-order chi connectivity index (χ0) is 25.8. The van der Waals surface area contributed by atoms with Gasteiger partial charge >= 0.3 is 6.09 Å². The van der Waals surface area contributed by atoms with Crippen molar-refractivity contribution >= 4 is 33.6 Å². The van der Waals surface area contributed by atoms with E-state index < -0.39 is 12.1 Å². The van der Waals surface area contributed by atoms with Gasteiger partial charge in [0.15, 0.2) is 0 Å². The quantitative estimate of drug-likeness (QED) is 0.323. The summed E-state index contributed by atoms with van der Waals surface area (Å²) < 4.78 is 16.2. The van der Waals surface area contributed by atoms with Gasteiger partial charge in [-0.05, 0) is 23.8 Å². The third kappa shape index (κ3) is 8.53. The molecule has 0 unspecified atom stereocenters. The van der Waals surface area contributed by atoms with Crippen molar-refractivity contribution in [1.29, 1.82) is 0 Å². The molecule has 1 aliphatic heterocycles. The molecule has 2 amide bonds. The van der Waals surface area contributed by atoms with Crippen molar-refractivity contribution in [3.63, 3.8) is 0 Å². The Morgan fingerprint density at radius 2 is 1.75 bits per heavy atom. The Hall–Kier alpha value is -2.56. The molecule has 2 aromatic carbocycles. The van der Waals surface area contributed by atoms with Gasteiger partial charge in [0, 0.05) is 49.8 Å². The summed E-state index contributed by atoms with van der Waals surface area (Å²) in [7, 11) is 6.56. The molecule has 0 aromatic heterocycles. The number of hydrogen-bond acceptors (Lipinski definition) is 8. The fourth-order valence-corrected chi connectivity index (χ4v) is 5.70. The molecular formula is C26H35N3O5S2. The van der Waals surface area contributed by atoms with Crippen molar-refractivity contribution in [1.82, 2.24) is 15.1 Å². The lowest BCUT2D eigenvalue weighted by atomic mass is 10.1. The maximum Gasteiger partial charge on any atom is 0.408 e. The van der Waals surface area contributed by atoms with Crippen molar-refractivity contribution in [2.24, 2.45) is 0 Å². The van der Waals surface area contributed by atoms with Crippen LogP contribution in [0.4, 0.5) is 4.79 Å². The van der Waals surface area contributed by atoms with Gasteiger partial charge in [0.1, 0.15) is 24.1 Å². The molecule has 36 heavy (non-hydrogen) atoms. The largest absolute Gasteiger partial charge is 0.497 e. The summed E-state index contributed by atoms with van der Waals surface area (Å²) in [6.07, 6.45) is -0.581. The summed E-state index contributed by atoms with van der Waals surface area (Å²) in [5.41, 5.74) is 1.94. The van der Waals surface area contributed by atoms with Crippen LogP contribution in [-0.4, -0.2) is 79.7 Å². The van der Waals surface area contributed by atoms with E-state index in [-0.39, 0.29) is 12.5 Å². The second-order valence-electron chi connectivity index (χ2n) is 8.23. The van der Waals surface area contributed by atoms with Gasteiger partial charge in [0.2, 0.25) is 5.91 Å². The lowest BCUT2D eigenvalue weighted by Crippen LogP contribution is -2.55. The molecule has 1 saturated heterocycles. The van der Waals surface area contributed by atoms with Crippen LogP contribution in [0.2, 0.25) is 0 Å². The predicted octanol–water partition coefficient (Wildman–Crippen LogP) is 4.04. The number of nitrogens with one attached hydrogen (secondary N) is 1. The number of amides is 2. The fourth-order valence-electron chi connectivity index (χ4n) is 3.87. The molecule has 1 atom stereocenters. The van der Waals surface area contributed by atoms with Gasteiger partial charge in [0.25, 0.3) is 0 Å². The van der Waals surface area contributed by atoms with E-state index in [4.69, 9.17) is 14.2 Å². The third-order valence-electron chi connectivity index (χ3n) is 5.80. The van der Waals surface area contributed by atoms with Crippen LogP contribution in [0.5, 0.6) is 11.5 Å². The van der Waals surface area contributed by atoms with Crippen LogP contribution in [-0.2, 0) is 22.7 Å². The monoisotopic (exact) mass is 533 g/mol. The molecule has 1 aliphatic rings. The van der Waals surface area contributed by atoms with E-state index in [0.717, 1.165) is 41.5 Å². The molecule has 0 spiro atoms. The smallest absolute Gasteiger partial charge is 0.408 e. The van der Waals surface area contributed by atoms with Crippen LogP contribution in [0.15, 0.2) is 48.5 Å². The van der Waals surface area contributed by atoms with E-state index in [9.17, 15) is 9.59 Å². The Bertz CT molecular complexity index is 971. The highest BCUT2D eigenvalue weighted by Crippen LogP contribution is 2.26. The van der Waals surface area contributed by atoms with Crippen molar-refractivity contribution in [2.45, 2.75) is 26.1 Å². The number of alkyl carbamates (subject to hydrolysis) is 1. The highest BCUT2D eigenvalue weighted by atomic mass is 33.1. The summed E-state index contributed by atoms with van der Waals surface area (Å²) in [5, 5.41) is 2.79. The Morgan fingerprint density at radius 3 is 2.42 bits per heavy atom. The Labute approximate surface area is 221 Å². The number of piperazine rings is 1. The molecule has 0 saturated carbocycles. The number of methoxy groups -OCH3 is 2. The fraction of sp³-hybridized carbons (Fsp3) is 0.462. The number of benzene rings is 2. The summed E-state index contributed by atoms with van der Waals surface area (Å²) in [6.45, 7) is 5.58. The van der Waals surface area contributed by atoms with Gasteiger partial charge < -0.3 is 24.4 Å². The van der Waals surface area contributed by atoms with Crippen molar-refractivity contribution in [3.05, 3.63) is 59.7 Å². The normalized spacial score (nSPS) is 14.7. The summed E-state index contributed by atoms with van der Waals surface area (Å²) >= 11 is 0. The van der Waals surface area contributed by atoms with Crippen molar-refractivity contribution < 1.29 is 23.8 Å². The Morgan fingerprint density at radius 1 is 1.00 bits per heavy atom. The van der Waals surface area contributed by atoms with E-state index in [0.29, 0.717) is 25.4 Å². The number of carbonyl (C=O) groups excluding carboxylic acids is 2. The molecule has 196 valence electrons. The standard InChI is InChI=1S/C26H35N3O5S2/c1-4-35-36-19-23(27-26(31)34-18-20-8-6-5-7-9-20)25(30)29-14-12-28(13-15-29)17-21-16-22(32-2)10-11-24(21)33-3/h5-11,16,23H,4,12-15,17-19H2,1-3H3,(H,27,31)/t23-/m0/s1. The molecule has 1 heterocycles. The summed E-state index contributed by atoms with van der Waals surface area (Å²) in [5.74, 6) is 2.94. The van der Waals surface area contributed by atoms with Crippen molar-refractivity contribution in [3.8, 4) is 11.5 Å². The molecule has 0 bridgehead atoms. The highest BCUT2D eigenvalue weighted by Gasteiger charge is 2.29. The lowest BCUT2D eigenvalue weighted by molar-refractivity contribution is -0.134. The molecule has 0 radical (unpaired) electrons. The second kappa shape index (κ2) is 14.9. The number of hydrogen-bond donors (Lipinski definition) is 1. The van der Waals surface area contributed by atoms with Crippen LogP contribution in [0.25, 0.3) is 0 Å². The number of rotatable bonds is 12. The SMILES string of the molecule is CCSSC[C@H](NC(=O)OCc1ccccc1)C(=O)N1CCN(Cc2cc(OC)ccc2OC)CC1. The Kier molecular flexibility index (Phi) is 11.6. The van der Waals surface area contributed by atoms with E-state index in [1.807, 2.05) is 53.4 Å². The van der Waals surface area contributed by atoms with Crippen molar-refractivity contribution in [2.75, 3.05) is 51.9 Å². The lowest BCUT2D eigenvalue weighted by Gasteiger charge is -2.36. The highest BCUT2D eigenvalue weighted by molar-refractivity contribution is 8.76. The maximum absolute atomic E-state index is 13.3. The zero-order valence-corrected chi connectivity index (χ0v) is 22.7. The summed E-state index contributed by atoms with van der Waals surface area (Å²) in [4.78, 5) is 29.9. The number of nitrogens with zero attached hydrogens (tertiary/aromatic N) is 2. The zero-order valence-electron chi connectivity index (χ0n) is 21.1. The van der Waals surface area contributed by atoms with E-state index in [2.05, 4.69) is 17.1 Å². The maximum atomic E-state index is 13.3. The average Bonchev–Trinajstić information content (AvgIpc) is 2.92. The van der Waals surface area contributed by atoms with Crippen LogP contribution < -0.4 is 14.8 Å². The van der Waals surface area contributed by atoms with Gasteiger partial charge in [-0.15, -0.1) is 0 Å². The molecule has 8 nitrogen and oxygen atoms in total. The van der Waals surface area contributed by atoms with Gasteiger partial charge in [-0.25, -0.2) is 4.79 Å². The van der Waals surface area contributed by atoms with Crippen LogP contribution >= 0.6 is 21.6 Å². The first-order valence-electron chi connectivity index (χ1n) is 12.0.